The molecule has 2 fully saturated rings. The van der Waals surface area contributed by atoms with E-state index in [-0.39, 0.29) is 12.0 Å². The zero-order valence-corrected chi connectivity index (χ0v) is 12.9. The summed E-state index contributed by atoms with van der Waals surface area (Å²) in [5, 5.41) is 2.91. The summed E-state index contributed by atoms with van der Waals surface area (Å²) in [5.41, 5.74) is 1.90. The molecule has 0 saturated carbocycles. The maximum atomic E-state index is 12.2. The SMILES string of the molecule is O=C(NCC1COCCO1)c1ccc(N2CCCCC2)cc1. The van der Waals surface area contributed by atoms with Gasteiger partial charge in [0, 0.05) is 30.9 Å². The molecule has 5 heteroatoms. The summed E-state index contributed by atoms with van der Waals surface area (Å²) in [5.74, 6) is -0.0561. The van der Waals surface area contributed by atoms with Crippen LogP contribution in [0.2, 0.25) is 0 Å². The molecule has 1 aromatic carbocycles. The van der Waals surface area contributed by atoms with Gasteiger partial charge in [0.2, 0.25) is 0 Å². The van der Waals surface area contributed by atoms with Gasteiger partial charge in [-0.05, 0) is 43.5 Å². The molecule has 0 radical (unpaired) electrons. The quantitative estimate of drug-likeness (QED) is 0.922. The van der Waals surface area contributed by atoms with Gasteiger partial charge in [-0.1, -0.05) is 0 Å². The average molecular weight is 304 g/mol. The highest BCUT2D eigenvalue weighted by Gasteiger charge is 2.16. The molecule has 120 valence electrons. The summed E-state index contributed by atoms with van der Waals surface area (Å²) in [6, 6.07) is 7.88. The van der Waals surface area contributed by atoms with Crippen LogP contribution in [0.25, 0.3) is 0 Å². The number of carbonyl (C=O) groups excluding carboxylic acids is 1. The lowest BCUT2D eigenvalue weighted by atomic mass is 10.1. The van der Waals surface area contributed by atoms with Crippen molar-refractivity contribution in [2.75, 3.05) is 44.4 Å². The molecule has 0 aromatic heterocycles. The molecule has 22 heavy (non-hydrogen) atoms. The summed E-state index contributed by atoms with van der Waals surface area (Å²) in [4.78, 5) is 14.5. The van der Waals surface area contributed by atoms with Crippen molar-refractivity contribution in [3.8, 4) is 0 Å². The van der Waals surface area contributed by atoms with Crippen LogP contribution in [0, 0.1) is 0 Å². The number of benzene rings is 1. The van der Waals surface area contributed by atoms with Crippen molar-refractivity contribution in [1.82, 2.24) is 5.32 Å². The Morgan fingerprint density at radius 1 is 1.14 bits per heavy atom. The van der Waals surface area contributed by atoms with E-state index in [0.717, 1.165) is 13.1 Å². The highest BCUT2D eigenvalue weighted by Crippen LogP contribution is 2.20. The molecule has 2 aliphatic heterocycles. The summed E-state index contributed by atoms with van der Waals surface area (Å²) in [6.45, 7) is 4.52. The van der Waals surface area contributed by atoms with E-state index in [2.05, 4.69) is 10.2 Å². The molecule has 0 spiro atoms. The second kappa shape index (κ2) is 7.61. The van der Waals surface area contributed by atoms with Crippen molar-refractivity contribution >= 4 is 11.6 Å². The van der Waals surface area contributed by atoms with E-state index < -0.39 is 0 Å². The summed E-state index contributed by atoms with van der Waals surface area (Å²) < 4.78 is 10.8. The third-order valence-corrected chi connectivity index (χ3v) is 4.23. The lowest BCUT2D eigenvalue weighted by Crippen LogP contribution is -2.39. The maximum absolute atomic E-state index is 12.2. The normalized spacial score (nSPS) is 22.4. The number of hydrogen-bond donors (Lipinski definition) is 1. The van der Waals surface area contributed by atoms with Crippen molar-refractivity contribution in [3.05, 3.63) is 29.8 Å². The predicted octanol–water partition coefficient (Wildman–Crippen LogP) is 1.82. The molecular weight excluding hydrogens is 280 g/mol. The molecule has 1 N–H and O–H groups in total. The van der Waals surface area contributed by atoms with Crippen molar-refractivity contribution in [2.45, 2.75) is 25.4 Å². The number of ether oxygens (including phenoxy) is 2. The lowest BCUT2D eigenvalue weighted by molar-refractivity contribution is -0.0855. The molecule has 0 aliphatic carbocycles. The Labute approximate surface area is 131 Å². The van der Waals surface area contributed by atoms with Crippen LogP contribution < -0.4 is 10.2 Å². The minimum Gasteiger partial charge on any atom is -0.376 e. The molecule has 3 rings (SSSR count). The van der Waals surface area contributed by atoms with E-state index in [1.165, 1.54) is 24.9 Å². The average Bonchev–Trinajstić information content (AvgIpc) is 2.61. The molecule has 2 saturated heterocycles. The van der Waals surface area contributed by atoms with Gasteiger partial charge in [-0.2, -0.15) is 0 Å². The first-order chi connectivity index (χ1) is 10.8. The van der Waals surface area contributed by atoms with E-state index in [1.54, 1.807) is 0 Å². The Hall–Kier alpha value is -1.59. The van der Waals surface area contributed by atoms with Gasteiger partial charge in [-0.25, -0.2) is 0 Å². The van der Waals surface area contributed by atoms with Crippen LogP contribution in [0.4, 0.5) is 5.69 Å². The summed E-state index contributed by atoms with van der Waals surface area (Å²) in [7, 11) is 0. The first kappa shape index (κ1) is 15.3. The number of nitrogens with zero attached hydrogens (tertiary/aromatic N) is 1. The van der Waals surface area contributed by atoms with Gasteiger partial charge >= 0.3 is 0 Å². The molecule has 1 aromatic rings. The van der Waals surface area contributed by atoms with Crippen molar-refractivity contribution in [3.63, 3.8) is 0 Å². The van der Waals surface area contributed by atoms with E-state index in [1.807, 2.05) is 24.3 Å². The largest absolute Gasteiger partial charge is 0.376 e. The number of piperidine rings is 1. The molecular formula is C17H24N2O3. The Bertz CT molecular complexity index is 477. The van der Waals surface area contributed by atoms with Crippen LogP contribution in [0.15, 0.2) is 24.3 Å². The number of amides is 1. The molecule has 1 atom stereocenters. The minimum atomic E-state index is -0.0561. The van der Waals surface area contributed by atoms with Crippen LogP contribution in [0.1, 0.15) is 29.6 Å². The lowest BCUT2D eigenvalue weighted by Gasteiger charge is -2.28. The maximum Gasteiger partial charge on any atom is 0.251 e. The fraction of sp³-hybridized carbons (Fsp3) is 0.588. The fourth-order valence-corrected chi connectivity index (χ4v) is 2.94. The van der Waals surface area contributed by atoms with Crippen LogP contribution in [-0.2, 0) is 9.47 Å². The summed E-state index contributed by atoms with van der Waals surface area (Å²) >= 11 is 0. The van der Waals surface area contributed by atoms with E-state index in [9.17, 15) is 4.79 Å². The van der Waals surface area contributed by atoms with E-state index >= 15 is 0 Å². The minimum absolute atomic E-state index is 0.0367. The topological polar surface area (TPSA) is 50.8 Å². The van der Waals surface area contributed by atoms with Crippen molar-refractivity contribution < 1.29 is 14.3 Å². The molecule has 1 amide bonds. The number of carbonyl (C=O) groups is 1. The van der Waals surface area contributed by atoms with Crippen LogP contribution in [0.5, 0.6) is 0 Å². The molecule has 1 unspecified atom stereocenters. The molecule has 2 heterocycles. The van der Waals surface area contributed by atoms with Crippen molar-refractivity contribution in [2.24, 2.45) is 0 Å². The third-order valence-electron chi connectivity index (χ3n) is 4.23. The Morgan fingerprint density at radius 2 is 1.91 bits per heavy atom. The van der Waals surface area contributed by atoms with Crippen molar-refractivity contribution in [1.29, 1.82) is 0 Å². The Balaban J connectivity index is 1.51. The van der Waals surface area contributed by atoms with Gasteiger partial charge in [-0.15, -0.1) is 0 Å². The van der Waals surface area contributed by atoms with Gasteiger partial charge in [0.05, 0.1) is 25.9 Å². The highest BCUT2D eigenvalue weighted by molar-refractivity contribution is 5.94. The second-order valence-electron chi connectivity index (χ2n) is 5.87. The number of rotatable bonds is 4. The smallest absolute Gasteiger partial charge is 0.251 e. The monoisotopic (exact) mass is 304 g/mol. The van der Waals surface area contributed by atoms with Gasteiger partial charge in [0.1, 0.15) is 0 Å². The fourth-order valence-electron chi connectivity index (χ4n) is 2.94. The Morgan fingerprint density at radius 3 is 2.59 bits per heavy atom. The van der Waals surface area contributed by atoms with Gasteiger partial charge < -0.3 is 19.7 Å². The Kier molecular flexibility index (Phi) is 5.29. The van der Waals surface area contributed by atoms with Crippen LogP contribution in [-0.4, -0.2) is 51.5 Å². The first-order valence-electron chi connectivity index (χ1n) is 8.15. The van der Waals surface area contributed by atoms with Crippen LogP contribution >= 0.6 is 0 Å². The van der Waals surface area contributed by atoms with E-state index in [0.29, 0.717) is 31.9 Å². The summed E-state index contributed by atoms with van der Waals surface area (Å²) in [6.07, 6.45) is 3.80. The zero-order valence-electron chi connectivity index (χ0n) is 12.9. The highest BCUT2D eigenvalue weighted by atomic mass is 16.6. The van der Waals surface area contributed by atoms with Gasteiger partial charge in [-0.3, -0.25) is 4.79 Å². The number of hydrogen-bond acceptors (Lipinski definition) is 4. The second-order valence-corrected chi connectivity index (χ2v) is 5.87. The predicted molar refractivity (Wildman–Crippen MR) is 85.4 cm³/mol. The van der Waals surface area contributed by atoms with E-state index in [4.69, 9.17) is 9.47 Å². The van der Waals surface area contributed by atoms with Gasteiger partial charge in [0.25, 0.3) is 5.91 Å². The molecule has 5 nitrogen and oxygen atoms in total. The standard InChI is InChI=1S/C17H24N2O3/c20-17(18-12-16-13-21-10-11-22-16)14-4-6-15(7-5-14)19-8-2-1-3-9-19/h4-7,16H,1-3,8-13H2,(H,18,20). The zero-order chi connectivity index (χ0) is 15.2. The molecule has 2 aliphatic rings. The first-order valence-corrected chi connectivity index (χ1v) is 8.15. The van der Waals surface area contributed by atoms with Gasteiger partial charge in [0.15, 0.2) is 0 Å². The third kappa shape index (κ3) is 3.99. The number of anilines is 1. The molecule has 0 bridgehead atoms. The number of nitrogens with one attached hydrogen (secondary N) is 1. The van der Waals surface area contributed by atoms with Crippen LogP contribution in [0.3, 0.4) is 0 Å².